The van der Waals surface area contributed by atoms with Crippen LogP contribution in [0.15, 0.2) is 0 Å². The Bertz CT molecular complexity index is 178. The summed E-state index contributed by atoms with van der Waals surface area (Å²) < 4.78 is 0. The van der Waals surface area contributed by atoms with Crippen LogP contribution >= 0.6 is 0 Å². The largest absolute Gasteiger partial charge is 0.396 e. The van der Waals surface area contributed by atoms with Crippen molar-refractivity contribution >= 4 is 5.91 Å². The van der Waals surface area contributed by atoms with Crippen LogP contribution in [-0.4, -0.2) is 47.8 Å². The van der Waals surface area contributed by atoms with E-state index in [0.717, 1.165) is 0 Å². The molecule has 78 valence electrons. The van der Waals surface area contributed by atoms with Crippen LogP contribution in [0.2, 0.25) is 0 Å². The lowest BCUT2D eigenvalue weighted by atomic mass is 9.83. The second-order valence-corrected chi connectivity index (χ2v) is 3.95. The normalized spacial score (nSPS) is 14.0. The third-order valence-corrected chi connectivity index (χ3v) is 2.19. The molecule has 1 amide bonds. The van der Waals surface area contributed by atoms with Crippen molar-refractivity contribution in [3.8, 4) is 0 Å². The van der Waals surface area contributed by atoms with Crippen LogP contribution in [-0.2, 0) is 4.79 Å². The molecule has 0 aromatic heterocycles. The fourth-order valence-corrected chi connectivity index (χ4v) is 1.20. The molecule has 0 aliphatic heterocycles. The van der Waals surface area contributed by atoms with Crippen LogP contribution < -0.4 is 0 Å². The van der Waals surface area contributed by atoms with Gasteiger partial charge in [-0.3, -0.25) is 4.79 Å². The van der Waals surface area contributed by atoms with Gasteiger partial charge in [0.15, 0.2) is 0 Å². The van der Waals surface area contributed by atoms with Crippen molar-refractivity contribution in [2.45, 2.75) is 26.4 Å². The summed E-state index contributed by atoms with van der Waals surface area (Å²) in [5.74, 6) is -0.131. The van der Waals surface area contributed by atoms with Crippen molar-refractivity contribution in [2.75, 3.05) is 20.7 Å². The molecule has 0 bridgehead atoms. The molecule has 1 atom stereocenters. The summed E-state index contributed by atoms with van der Waals surface area (Å²) in [6.07, 6.45) is -0.570. The van der Waals surface area contributed by atoms with Crippen LogP contribution in [0.25, 0.3) is 0 Å². The summed E-state index contributed by atoms with van der Waals surface area (Å²) in [6, 6.07) is 0. The molecule has 0 spiro atoms. The van der Waals surface area contributed by atoms with E-state index >= 15 is 0 Å². The zero-order chi connectivity index (χ0) is 10.6. The minimum atomic E-state index is -0.827. The van der Waals surface area contributed by atoms with Gasteiger partial charge in [-0.1, -0.05) is 0 Å². The molecule has 0 saturated heterocycles. The first-order chi connectivity index (χ1) is 5.84. The molecule has 0 radical (unpaired) electrons. The number of amides is 1. The highest BCUT2D eigenvalue weighted by molar-refractivity contribution is 5.82. The van der Waals surface area contributed by atoms with Gasteiger partial charge in [-0.25, -0.2) is 0 Å². The van der Waals surface area contributed by atoms with Crippen molar-refractivity contribution in [1.82, 2.24) is 4.90 Å². The summed E-state index contributed by atoms with van der Waals surface area (Å²) in [5.41, 5.74) is -0.827. The Morgan fingerprint density at radius 2 is 1.92 bits per heavy atom. The first-order valence-electron chi connectivity index (χ1n) is 4.34. The minimum absolute atomic E-state index is 0.106. The first kappa shape index (κ1) is 12.4. The van der Waals surface area contributed by atoms with Gasteiger partial charge in [0.2, 0.25) is 5.91 Å². The number of carbonyl (C=O) groups excluding carboxylic acids is 1. The Morgan fingerprint density at radius 1 is 1.46 bits per heavy atom. The summed E-state index contributed by atoms with van der Waals surface area (Å²) in [4.78, 5) is 13.0. The Morgan fingerprint density at radius 3 is 2.23 bits per heavy atom. The Labute approximate surface area is 79.2 Å². The fraction of sp³-hybridized carbons (Fsp3) is 0.889. The van der Waals surface area contributed by atoms with Crippen LogP contribution in [0, 0.1) is 5.41 Å². The Hall–Kier alpha value is -0.610. The van der Waals surface area contributed by atoms with Gasteiger partial charge >= 0.3 is 0 Å². The van der Waals surface area contributed by atoms with Crippen LogP contribution in [0.1, 0.15) is 20.3 Å². The predicted octanol–water partition coefficient (Wildman–Crippen LogP) is -0.156. The van der Waals surface area contributed by atoms with Gasteiger partial charge in [0.1, 0.15) is 0 Å². The molecule has 0 saturated carbocycles. The maximum Gasteiger partial charge on any atom is 0.230 e. The highest BCUT2D eigenvalue weighted by Gasteiger charge is 2.36. The van der Waals surface area contributed by atoms with E-state index in [-0.39, 0.29) is 18.9 Å². The molecule has 0 fully saturated rings. The molecule has 0 aromatic carbocycles. The number of hydrogen-bond acceptors (Lipinski definition) is 3. The molecule has 2 N–H and O–H groups in total. The number of rotatable bonds is 4. The summed E-state index contributed by atoms with van der Waals surface area (Å²) in [5, 5.41) is 18.2. The smallest absolute Gasteiger partial charge is 0.230 e. The van der Waals surface area contributed by atoms with Gasteiger partial charge in [0.05, 0.1) is 11.5 Å². The monoisotopic (exact) mass is 189 g/mol. The molecular weight excluding hydrogens is 170 g/mol. The van der Waals surface area contributed by atoms with E-state index in [0.29, 0.717) is 0 Å². The lowest BCUT2D eigenvalue weighted by Gasteiger charge is -2.31. The molecule has 0 heterocycles. The lowest BCUT2D eigenvalue weighted by molar-refractivity contribution is -0.144. The van der Waals surface area contributed by atoms with Gasteiger partial charge in [0, 0.05) is 20.7 Å². The SMILES string of the molecule is CN(C)C(=O)C(C)(C)[C@@H](O)CCO. The Balaban J connectivity index is 4.45. The molecule has 0 rings (SSSR count). The fourth-order valence-electron chi connectivity index (χ4n) is 1.20. The zero-order valence-corrected chi connectivity index (χ0v) is 8.74. The van der Waals surface area contributed by atoms with E-state index in [1.54, 1.807) is 27.9 Å². The van der Waals surface area contributed by atoms with E-state index in [1.807, 2.05) is 0 Å². The predicted molar refractivity (Wildman–Crippen MR) is 50.2 cm³/mol. The summed E-state index contributed by atoms with van der Waals surface area (Å²) >= 11 is 0. The molecular formula is C9H19NO3. The number of carbonyl (C=O) groups is 1. The van der Waals surface area contributed by atoms with E-state index in [4.69, 9.17) is 5.11 Å². The van der Waals surface area contributed by atoms with E-state index in [2.05, 4.69) is 0 Å². The number of nitrogens with zero attached hydrogens (tertiary/aromatic N) is 1. The second-order valence-electron chi connectivity index (χ2n) is 3.95. The topological polar surface area (TPSA) is 60.8 Å². The maximum atomic E-state index is 11.6. The number of hydrogen-bond donors (Lipinski definition) is 2. The van der Waals surface area contributed by atoms with Crippen LogP contribution in [0.5, 0.6) is 0 Å². The molecule has 4 nitrogen and oxygen atoms in total. The van der Waals surface area contributed by atoms with Crippen molar-refractivity contribution < 1.29 is 15.0 Å². The Kier molecular flexibility index (Phi) is 4.36. The standard InChI is InChI=1S/C9H19NO3/c1-9(2,7(12)5-6-11)8(13)10(3)4/h7,11-12H,5-6H2,1-4H3/t7-/m0/s1. The van der Waals surface area contributed by atoms with Gasteiger partial charge < -0.3 is 15.1 Å². The molecule has 0 aliphatic carbocycles. The number of aliphatic hydroxyl groups excluding tert-OH is 2. The summed E-state index contributed by atoms with van der Waals surface area (Å²) in [6.45, 7) is 3.25. The minimum Gasteiger partial charge on any atom is -0.396 e. The van der Waals surface area contributed by atoms with Gasteiger partial charge in [-0.15, -0.1) is 0 Å². The van der Waals surface area contributed by atoms with Crippen molar-refractivity contribution in [3.63, 3.8) is 0 Å². The second kappa shape index (κ2) is 4.58. The van der Waals surface area contributed by atoms with Crippen LogP contribution in [0.4, 0.5) is 0 Å². The maximum absolute atomic E-state index is 11.6. The zero-order valence-electron chi connectivity index (χ0n) is 8.74. The van der Waals surface area contributed by atoms with E-state index in [1.165, 1.54) is 4.90 Å². The third kappa shape index (κ3) is 2.97. The highest BCUT2D eigenvalue weighted by atomic mass is 16.3. The molecule has 13 heavy (non-hydrogen) atoms. The highest BCUT2D eigenvalue weighted by Crippen LogP contribution is 2.24. The molecule has 0 aromatic rings. The van der Waals surface area contributed by atoms with Crippen LogP contribution in [0.3, 0.4) is 0 Å². The molecule has 4 heteroatoms. The first-order valence-corrected chi connectivity index (χ1v) is 4.34. The number of aliphatic hydroxyl groups is 2. The average molecular weight is 189 g/mol. The molecule has 0 unspecified atom stereocenters. The average Bonchev–Trinajstić information content (AvgIpc) is 2.03. The van der Waals surface area contributed by atoms with Gasteiger partial charge in [0.25, 0.3) is 0 Å². The van der Waals surface area contributed by atoms with E-state index in [9.17, 15) is 9.90 Å². The third-order valence-electron chi connectivity index (χ3n) is 2.19. The van der Waals surface area contributed by atoms with Crippen molar-refractivity contribution in [1.29, 1.82) is 0 Å². The van der Waals surface area contributed by atoms with Gasteiger partial charge in [-0.2, -0.15) is 0 Å². The lowest BCUT2D eigenvalue weighted by Crippen LogP contribution is -2.44. The van der Waals surface area contributed by atoms with Crippen molar-refractivity contribution in [2.24, 2.45) is 5.41 Å². The quantitative estimate of drug-likeness (QED) is 0.646. The van der Waals surface area contributed by atoms with E-state index < -0.39 is 11.5 Å². The summed E-state index contributed by atoms with van der Waals surface area (Å²) in [7, 11) is 3.30. The van der Waals surface area contributed by atoms with Gasteiger partial charge in [-0.05, 0) is 20.3 Å². The molecule has 0 aliphatic rings. The van der Waals surface area contributed by atoms with Crippen molar-refractivity contribution in [3.05, 3.63) is 0 Å².